The molecule has 2 saturated carbocycles. The largest absolute Gasteiger partial charge is 0.390 e. The monoisotopic (exact) mass is 497 g/mol. The number of fused-ring (bicyclic) bond motifs is 1. The van der Waals surface area contributed by atoms with E-state index in [0.717, 1.165) is 45.0 Å². The van der Waals surface area contributed by atoms with Gasteiger partial charge >= 0.3 is 0 Å². The first-order valence-electron chi connectivity index (χ1n) is 11.9. The van der Waals surface area contributed by atoms with Crippen LogP contribution in [0.25, 0.3) is 20.8 Å². The molecular formula is C24H31N7O3S. The minimum absolute atomic E-state index is 0.207. The van der Waals surface area contributed by atoms with Crippen molar-refractivity contribution in [3.05, 3.63) is 23.7 Å². The normalized spacial score (nSPS) is 24.4. The second kappa shape index (κ2) is 9.29. The maximum Gasteiger partial charge on any atom is 0.227 e. The van der Waals surface area contributed by atoms with Crippen molar-refractivity contribution in [3.63, 3.8) is 0 Å². The van der Waals surface area contributed by atoms with E-state index >= 15 is 0 Å². The van der Waals surface area contributed by atoms with Gasteiger partial charge in [-0.15, -0.1) is 11.3 Å². The van der Waals surface area contributed by atoms with E-state index in [-0.39, 0.29) is 12.3 Å². The summed E-state index contributed by atoms with van der Waals surface area (Å²) in [6.07, 6.45) is 3.14. The first-order valence-corrected chi connectivity index (χ1v) is 12.8. The molecule has 0 radical (unpaired) electrons. The van der Waals surface area contributed by atoms with E-state index < -0.39 is 24.2 Å². The number of hydrogen-bond donors (Lipinski definition) is 4. The minimum Gasteiger partial charge on any atom is -0.390 e. The van der Waals surface area contributed by atoms with E-state index in [4.69, 9.17) is 15.0 Å². The standard InChI is InChI=1S/C24H31N7O3S/c1-11-17(22-29-18-12(2)25-9-8-16(18)35-22)21(30-24(26-11)27-13-6-5-7-13)28-15-10-14(19(32)20(15)33)23(34)31(3)4/h8-9,13-15,19-20,32-33H,5-7,10H2,1-4H3,(H2,26,27,28,30)/t14-,15?,19+,20-/m0/s1. The fraction of sp³-hybridized carbons (Fsp3) is 0.542. The molecule has 4 N–H and O–H groups in total. The van der Waals surface area contributed by atoms with Crippen LogP contribution in [0.4, 0.5) is 11.8 Å². The molecule has 2 aliphatic rings. The van der Waals surface area contributed by atoms with Crippen LogP contribution < -0.4 is 10.6 Å². The summed E-state index contributed by atoms with van der Waals surface area (Å²) in [5, 5.41) is 28.9. The minimum atomic E-state index is -1.16. The number of carbonyl (C=O) groups is 1. The quantitative estimate of drug-likeness (QED) is 0.404. The van der Waals surface area contributed by atoms with E-state index in [1.807, 2.05) is 19.9 Å². The zero-order valence-electron chi connectivity index (χ0n) is 20.3. The third-order valence-corrected chi connectivity index (χ3v) is 8.03. The van der Waals surface area contributed by atoms with Crippen molar-refractivity contribution in [2.75, 3.05) is 24.7 Å². The van der Waals surface area contributed by atoms with Gasteiger partial charge in [0.25, 0.3) is 0 Å². The number of carbonyl (C=O) groups excluding carboxylic acids is 1. The molecule has 11 heteroatoms. The molecule has 3 heterocycles. The summed E-state index contributed by atoms with van der Waals surface area (Å²) in [7, 11) is 3.30. The second-order valence-electron chi connectivity index (χ2n) is 9.70. The maximum absolute atomic E-state index is 12.6. The van der Waals surface area contributed by atoms with Gasteiger partial charge in [0.05, 0.1) is 39.7 Å². The predicted molar refractivity (Wildman–Crippen MR) is 135 cm³/mol. The number of pyridine rings is 1. The van der Waals surface area contributed by atoms with Gasteiger partial charge in [-0.3, -0.25) is 9.78 Å². The van der Waals surface area contributed by atoms with Crippen molar-refractivity contribution in [1.82, 2.24) is 24.8 Å². The van der Waals surface area contributed by atoms with Gasteiger partial charge in [-0.05, 0) is 45.6 Å². The summed E-state index contributed by atoms with van der Waals surface area (Å²) in [6, 6.07) is 1.74. The number of aryl methyl sites for hydroxylation is 2. The molecule has 0 spiro atoms. The summed E-state index contributed by atoms with van der Waals surface area (Å²) in [5.74, 6) is 0.151. The van der Waals surface area contributed by atoms with Crippen molar-refractivity contribution >= 4 is 39.2 Å². The van der Waals surface area contributed by atoms with Gasteiger partial charge in [-0.1, -0.05) is 0 Å². The van der Waals surface area contributed by atoms with Crippen LogP contribution in [-0.4, -0.2) is 79.3 Å². The maximum atomic E-state index is 12.6. The fourth-order valence-electron chi connectivity index (χ4n) is 4.75. The number of aromatic nitrogens is 4. The number of aliphatic hydroxyl groups excluding tert-OH is 2. The van der Waals surface area contributed by atoms with Crippen LogP contribution in [-0.2, 0) is 4.79 Å². The van der Waals surface area contributed by atoms with Gasteiger partial charge in [0, 0.05) is 26.3 Å². The fourth-order valence-corrected chi connectivity index (χ4v) is 5.86. The van der Waals surface area contributed by atoms with Gasteiger partial charge in [-0.25, -0.2) is 9.97 Å². The number of thiazole rings is 1. The predicted octanol–water partition coefficient (Wildman–Crippen LogP) is 2.34. The van der Waals surface area contributed by atoms with Crippen LogP contribution in [0.1, 0.15) is 37.1 Å². The molecule has 2 fully saturated rings. The van der Waals surface area contributed by atoms with Crippen molar-refractivity contribution in [3.8, 4) is 10.6 Å². The van der Waals surface area contributed by atoms with E-state index in [2.05, 4.69) is 15.6 Å². The molecule has 0 bridgehead atoms. The molecule has 0 saturated heterocycles. The van der Waals surface area contributed by atoms with Gasteiger partial charge in [0.15, 0.2) is 0 Å². The first-order chi connectivity index (χ1) is 16.7. The lowest BCUT2D eigenvalue weighted by atomic mass is 9.93. The summed E-state index contributed by atoms with van der Waals surface area (Å²) < 4.78 is 1.02. The van der Waals surface area contributed by atoms with Gasteiger partial charge in [-0.2, -0.15) is 4.98 Å². The summed E-state index contributed by atoms with van der Waals surface area (Å²) in [6.45, 7) is 3.85. The molecule has 186 valence electrons. The lowest BCUT2D eigenvalue weighted by molar-refractivity contribution is -0.136. The second-order valence-corrected chi connectivity index (χ2v) is 10.7. The number of aliphatic hydroxyl groups is 2. The molecule has 3 aromatic rings. The molecule has 2 aliphatic carbocycles. The van der Waals surface area contributed by atoms with Crippen molar-refractivity contribution in [2.24, 2.45) is 5.92 Å². The highest BCUT2D eigenvalue weighted by Gasteiger charge is 2.46. The van der Waals surface area contributed by atoms with Crippen LogP contribution in [0.3, 0.4) is 0 Å². The average Bonchev–Trinajstić information content (AvgIpc) is 3.33. The highest BCUT2D eigenvalue weighted by molar-refractivity contribution is 7.21. The van der Waals surface area contributed by atoms with E-state index in [1.165, 1.54) is 22.7 Å². The smallest absolute Gasteiger partial charge is 0.227 e. The Hall–Kier alpha value is -2.89. The Kier molecular flexibility index (Phi) is 6.32. The topological polar surface area (TPSA) is 136 Å². The van der Waals surface area contributed by atoms with E-state index in [0.29, 0.717) is 17.8 Å². The van der Waals surface area contributed by atoms with Crippen LogP contribution in [0, 0.1) is 19.8 Å². The molecule has 0 aromatic carbocycles. The Morgan fingerprint density at radius 2 is 1.86 bits per heavy atom. The first kappa shape index (κ1) is 23.8. The Morgan fingerprint density at radius 1 is 1.09 bits per heavy atom. The van der Waals surface area contributed by atoms with Crippen molar-refractivity contribution < 1.29 is 15.0 Å². The van der Waals surface area contributed by atoms with Crippen molar-refractivity contribution in [2.45, 2.75) is 63.8 Å². The molecule has 35 heavy (non-hydrogen) atoms. The third kappa shape index (κ3) is 4.43. The average molecular weight is 498 g/mol. The molecule has 5 rings (SSSR count). The van der Waals surface area contributed by atoms with Crippen LogP contribution in [0.15, 0.2) is 12.3 Å². The lowest BCUT2D eigenvalue weighted by Crippen LogP contribution is -2.38. The molecule has 1 amide bonds. The zero-order chi connectivity index (χ0) is 24.9. The molecule has 3 aromatic heterocycles. The highest BCUT2D eigenvalue weighted by atomic mass is 32.1. The Morgan fingerprint density at radius 3 is 2.51 bits per heavy atom. The van der Waals surface area contributed by atoms with Gasteiger partial charge in [0.2, 0.25) is 11.9 Å². The molecule has 10 nitrogen and oxygen atoms in total. The number of rotatable bonds is 6. The van der Waals surface area contributed by atoms with Crippen LogP contribution >= 0.6 is 11.3 Å². The van der Waals surface area contributed by atoms with Gasteiger partial charge in [0.1, 0.15) is 22.4 Å². The van der Waals surface area contributed by atoms with Crippen LogP contribution in [0.2, 0.25) is 0 Å². The molecule has 4 atom stereocenters. The molecule has 1 unspecified atom stereocenters. The number of hydrogen-bond acceptors (Lipinski definition) is 10. The summed E-state index contributed by atoms with van der Waals surface area (Å²) in [5.41, 5.74) is 3.18. The SMILES string of the molecule is Cc1nc(NC2CCC2)nc(NC2C[C@H](C(=O)N(C)C)[C@@H](O)[C@H]2O)c1-c1nc2c(C)nccc2s1. The summed E-state index contributed by atoms with van der Waals surface area (Å²) in [4.78, 5) is 32.7. The highest BCUT2D eigenvalue weighted by Crippen LogP contribution is 2.39. The van der Waals surface area contributed by atoms with Crippen LogP contribution in [0.5, 0.6) is 0 Å². The third-order valence-electron chi connectivity index (χ3n) is 6.99. The number of nitrogens with one attached hydrogen (secondary N) is 2. The van der Waals surface area contributed by atoms with Gasteiger partial charge < -0.3 is 25.7 Å². The number of amides is 1. The number of nitrogens with zero attached hydrogens (tertiary/aromatic N) is 5. The number of anilines is 2. The lowest BCUT2D eigenvalue weighted by Gasteiger charge is -2.27. The zero-order valence-corrected chi connectivity index (χ0v) is 21.1. The van der Waals surface area contributed by atoms with E-state index in [9.17, 15) is 15.0 Å². The summed E-state index contributed by atoms with van der Waals surface area (Å²) >= 11 is 1.53. The Balaban J connectivity index is 1.53. The molecule has 0 aliphatic heterocycles. The van der Waals surface area contributed by atoms with Crippen molar-refractivity contribution in [1.29, 1.82) is 0 Å². The Labute approximate surface area is 207 Å². The molecular weight excluding hydrogens is 466 g/mol. The Bertz CT molecular complexity index is 1260. The van der Waals surface area contributed by atoms with E-state index in [1.54, 1.807) is 20.3 Å².